The number of amides is 2. The molecule has 2 rings (SSSR count). The molecule has 2 aromatic carbocycles. The van der Waals surface area contributed by atoms with E-state index in [-0.39, 0.29) is 12.2 Å². The quantitative estimate of drug-likeness (QED) is 0.764. The van der Waals surface area contributed by atoms with E-state index in [0.29, 0.717) is 5.56 Å². The van der Waals surface area contributed by atoms with Gasteiger partial charge in [-0.25, -0.2) is 4.39 Å². The molecule has 0 heterocycles. The molecule has 2 amide bonds. The number of anilines is 1. The minimum atomic E-state index is -1.14. The van der Waals surface area contributed by atoms with Gasteiger partial charge < -0.3 is 15.4 Å². The highest BCUT2D eigenvalue weighted by Crippen LogP contribution is 2.13. The zero-order valence-corrected chi connectivity index (χ0v) is 15.3. The molecule has 0 radical (unpaired) electrons. The predicted octanol–water partition coefficient (Wildman–Crippen LogP) is 2.74. The molecule has 2 aromatic rings. The monoisotopic (exact) mass is 372 g/mol. The first-order valence-corrected chi connectivity index (χ1v) is 8.38. The van der Waals surface area contributed by atoms with Crippen LogP contribution in [-0.2, 0) is 14.3 Å². The van der Waals surface area contributed by atoms with Crippen LogP contribution < -0.4 is 10.6 Å². The van der Waals surface area contributed by atoms with Crippen molar-refractivity contribution in [3.05, 3.63) is 65.0 Å². The molecule has 0 saturated carbocycles. The van der Waals surface area contributed by atoms with Gasteiger partial charge in [0.15, 0.2) is 6.10 Å². The van der Waals surface area contributed by atoms with Crippen LogP contribution in [-0.4, -0.2) is 30.4 Å². The number of hydrogen-bond acceptors (Lipinski definition) is 4. The number of hydrogen-bond donors (Lipinski definition) is 2. The standard InChI is InChI=1S/C20H21FN2O4/c1-12-8-9-15(10-13(12)2)20(26)22-11-18(24)27-14(3)19(25)23-17-7-5-4-6-16(17)21/h4-10,14H,11H2,1-3H3,(H,22,26)(H,23,25)/t14-/m0/s1. The Morgan fingerprint density at radius 2 is 1.78 bits per heavy atom. The molecule has 0 aliphatic rings. The van der Waals surface area contributed by atoms with Crippen LogP contribution in [0, 0.1) is 19.7 Å². The molecule has 1 atom stereocenters. The van der Waals surface area contributed by atoms with Crippen LogP contribution in [0.2, 0.25) is 0 Å². The summed E-state index contributed by atoms with van der Waals surface area (Å²) in [6.07, 6.45) is -1.14. The molecule has 27 heavy (non-hydrogen) atoms. The average Bonchev–Trinajstić information content (AvgIpc) is 2.63. The van der Waals surface area contributed by atoms with E-state index in [2.05, 4.69) is 10.6 Å². The highest BCUT2D eigenvalue weighted by molar-refractivity contribution is 5.97. The van der Waals surface area contributed by atoms with Gasteiger partial charge in [-0.15, -0.1) is 0 Å². The lowest BCUT2D eigenvalue weighted by atomic mass is 10.1. The summed E-state index contributed by atoms with van der Waals surface area (Å²) in [7, 11) is 0. The molecule has 2 N–H and O–H groups in total. The van der Waals surface area contributed by atoms with Crippen LogP contribution in [0.4, 0.5) is 10.1 Å². The largest absolute Gasteiger partial charge is 0.451 e. The van der Waals surface area contributed by atoms with Gasteiger partial charge in [0.1, 0.15) is 12.4 Å². The van der Waals surface area contributed by atoms with Gasteiger partial charge in [-0.2, -0.15) is 0 Å². The van der Waals surface area contributed by atoms with Gasteiger partial charge in [-0.1, -0.05) is 18.2 Å². The number of carbonyl (C=O) groups excluding carboxylic acids is 3. The van der Waals surface area contributed by atoms with Gasteiger partial charge in [0.2, 0.25) is 0 Å². The van der Waals surface area contributed by atoms with E-state index in [1.54, 1.807) is 18.2 Å². The number of esters is 1. The Hall–Kier alpha value is -3.22. The van der Waals surface area contributed by atoms with E-state index in [1.807, 2.05) is 19.9 Å². The molecular weight excluding hydrogens is 351 g/mol. The Morgan fingerprint density at radius 1 is 1.07 bits per heavy atom. The number of aryl methyl sites for hydroxylation is 2. The van der Waals surface area contributed by atoms with Gasteiger partial charge in [-0.3, -0.25) is 14.4 Å². The van der Waals surface area contributed by atoms with E-state index in [0.717, 1.165) is 11.1 Å². The minimum absolute atomic E-state index is 0.00607. The molecule has 0 aromatic heterocycles. The maximum Gasteiger partial charge on any atom is 0.326 e. The maximum atomic E-state index is 13.5. The summed E-state index contributed by atoms with van der Waals surface area (Å²) in [6.45, 7) is 4.79. The molecule has 0 bridgehead atoms. The number of nitrogens with one attached hydrogen (secondary N) is 2. The molecular formula is C20H21FN2O4. The van der Waals surface area contributed by atoms with Crippen LogP contribution in [0.5, 0.6) is 0 Å². The maximum absolute atomic E-state index is 13.5. The van der Waals surface area contributed by atoms with Crippen molar-refractivity contribution in [2.75, 3.05) is 11.9 Å². The van der Waals surface area contributed by atoms with E-state index in [9.17, 15) is 18.8 Å². The lowest BCUT2D eigenvalue weighted by Gasteiger charge is -2.14. The molecule has 0 saturated heterocycles. The summed E-state index contributed by atoms with van der Waals surface area (Å²) >= 11 is 0. The number of halogens is 1. The molecule has 0 aliphatic carbocycles. The summed E-state index contributed by atoms with van der Waals surface area (Å²) in [5.41, 5.74) is 2.44. The highest BCUT2D eigenvalue weighted by Gasteiger charge is 2.19. The number of ether oxygens (including phenoxy) is 1. The van der Waals surface area contributed by atoms with Crippen molar-refractivity contribution in [2.24, 2.45) is 0 Å². The fourth-order valence-electron chi connectivity index (χ4n) is 2.23. The summed E-state index contributed by atoms with van der Waals surface area (Å²) in [6, 6.07) is 10.9. The Labute approximate surface area is 156 Å². The molecule has 7 heteroatoms. The van der Waals surface area contributed by atoms with Crippen LogP contribution in [0.25, 0.3) is 0 Å². The Kier molecular flexibility index (Phi) is 6.65. The van der Waals surface area contributed by atoms with Crippen molar-refractivity contribution >= 4 is 23.5 Å². The fourth-order valence-corrected chi connectivity index (χ4v) is 2.23. The predicted molar refractivity (Wildman–Crippen MR) is 98.8 cm³/mol. The lowest BCUT2D eigenvalue weighted by molar-refractivity contribution is -0.152. The van der Waals surface area contributed by atoms with Crippen molar-refractivity contribution in [3.8, 4) is 0 Å². The fraction of sp³-hybridized carbons (Fsp3) is 0.250. The van der Waals surface area contributed by atoms with Crippen LogP contribution in [0.15, 0.2) is 42.5 Å². The first kappa shape index (κ1) is 20.1. The number of benzene rings is 2. The van der Waals surface area contributed by atoms with Crippen molar-refractivity contribution < 1.29 is 23.5 Å². The van der Waals surface area contributed by atoms with Crippen LogP contribution >= 0.6 is 0 Å². The molecule has 0 unspecified atom stereocenters. The van der Waals surface area contributed by atoms with Crippen molar-refractivity contribution in [1.29, 1.82) is 0 Å². The van der Waals surface area contributed by atoms with Gasteiger partial charge in [0, 0.05) is 5.56 Å². The Balaban J connectivity index is 1.83. The molecule has 6 nitrogen and oxygen atoms in total. The summed E-state index contributed by atoms with van der Waals surface area (Å²) < 4.78 is 18.5. The number of carbonyl (C=O) groups is 3. The van der Waals surface area contributed by atoms with Gasteiger partial charge in [-0.05, 0) is 56.2 Å². The third-order valence-corrected chi connectivity index (χ3v) is 3.97. The number of para-hydroxylation sites is 1. The van der Waals surface area contributed by atoms with E-state index in [4.69, 9.17) is 4.74 Å². The Bertz CT molecular complexity index is 867. The second-order valence-electron chi connectivity index (χ2n) is 6.08. The van der Waals surface area contributed by atoms with Crippen molar-refractivity contribution in [1.82, 2.24) is 5.32 Å². The second kappa shape index (κ2) is 8.93. The average molecular weight is 372 g/mol. The van der Waals surface area contributed by atoms with E-state index < -0.39 is 29.7 Å². The first-order valence-electron chi connectivity index (χ1n) is 8.38. The third kappa shape index (κ3) is 5.64. The molecule has 0 aliphatic heterocycles. The number of rotatable bonds is 6. The van der Waals surface area contributed by atoms with Crippen molar-refractivity contribution in [2.45, 2.75) is 26.9 Å². The second-order valence-corrected chi connectivity index (χ2v) is 6.08. The van der Waals surface area contributed by atoms with Crippen LogP contribution in [0.3, 0.4) is 0 Å². The Morgan fingerprint density at radius 3 is 2.44 bits per heavy atom. The SMILES string of the molecule is Cc1ccc(C(=O)NCC(=O)O[C@@H](C)C(=O)Nc2ccccc2F)cc1C. The third-order valence-electron chi connectivity index (χ3n) is 3.97. The minimum Gasteiger partial charge on any atom is -0.451 e. The zero-order valence-electron chi connectivity index (χ0n) is 15.3. The zero-order chi connectivity index (χ0) is 20.0. The first-order chi connectivity index (χ1) is 12.8. The summed E-state index contributed by atoms with van der Waals surface area (Å²) in [4.78, 5) is 35.9. The van der Waals surface area contributed by atoms with Crippen LogP contribution in [0.1, 0.15) is 28.4 Å². The smallest absolute Gasteiger partial charge is 0.326 e. The van der Waals surface area contributed by atoms with E-state index >= 15 is 0 Å². The topological polar surface area (TPSA) is 84.5 Å². The highest BCUT2D eigenvalue weighted by atomic mass is 19.1. The molecule has 0 fully saturated rings. The normalized spacial score (nSPS) is 11.4. The van der Waals surface area contributed by atoms with Gasteiger partial charge >= 0.3 is 5.97 Å². The lowest BCUT2D eigenvalue weighted by Crippen LogP contribution is -2.36. The van der Waals surface area contributed by atoms with Gasteiger partial charge in [0.25, 0.3) is 11.8 Å². The summed E-state index contributed by atoms with van der Waals surface area (Å²) in [5, 5.41) is 4.78. The van der Waals surface area contributed by atoms with Crippen molar-refractivity contribution in [3.63, 3.8) is 0 Å². The molecule has 0 spiro atoms. The van der Waals surface area contributed by atoms with E-state index in [1.165, 1.54) is 25.1 Å². The molecule has 142 valence electrons. The summed E-state index contributed by atoms with van der Waals surface area (Å²) in [5.74, 6) is -2.46. The van der Waals surface area contributed by atoms with Gasteiger partial charge in [0.05, 0.1) is 5.69 Å².